The van der Waals surface area contributed by atoms with Crippen molar-refractivity contribution in [1.29, 1.82) is 0 Å². The third-order valence-electron chi connectivity index (χ3n) is 4.86. The number of piperidine rings is 1. The molecule has 2 rings (SSSR count). The largest absolute Gasteiger partial charge is 0.497 e. The summed E-state index contributed by atoms with van der Waals surface area (Å²) < 4.78 is 28.0. The van der Waals surface area contributed by atoms with E-state index in [-0.39, 0.29) is 35.8 Å². The van der Waals surface area contributed by atoms with Gasteiger partial charge in [-0.15, -0.1) is 24.0 Å². The molecule has 1 aromatic carbocycles. The van der Waals surface area contributed by atoms with Crippen LogP contribution >= 0.6 is 24.0 Å². The van der Waals surface area contributed by atoms with Crippen LogP contribution in [0.25, 0.3) is 0 Å². The second-order valence-corrected chi connectivity index (χ2v) is 9.42. The highest BCUT2D eigenvalue weighted by Gasteiger charge is 2.22. The number of rotatable bonds is 9. The number of aliphatic imine (C=N–C) groups is 1. The van der Waals surface area contributed by atoms with Crippen LogP contribution < -0.4 is 15.4 Å². The Morgan fingerprint density at radius 3 is 2.38 bits per heavy atom. The van der Waals surface area contributed by atoms with Crippen LogP contribution in [0.2, 0.25) is 0 Å². The Morgan fingerprint density at radius 1 is 1.17 bits per heavy atom. The van der Waals surface area contributed by atoms with Gasteiger partial charge in [0, 0.05) is 19.3 Å². The summed E-state index contributed by atoms with van der Waals surface area (Å²) in [4.78, 5) is 7.25. The first-order valence-corrected chi connectivity index (χ1v) is 12.1. The first kappa shape index (κ1) is 26.0. The molecule has 166 valence electrons. The van der Waals surface area contributed by atoms with Crippen LogP contribution in [0.4, 0.5) is 0 Å². The van der Waals surface area contributed by atoms with Crippen LogP contribution in [0.5, 0.6) is 5.75 Å². The van der Waals surface area contributed by atoms with Crippen molar-refractivity contribution in [3.05, 3.63) is 29.8 Å². The highest BCUT2D eigenvalue weighted by Crippen LogP contribution is 2.26. The first-order valence-electron chi connectivity index (χ1n) is 10.0. The van der Waals surface area contributed by atoms with Crippen molar-refractivity contribution >= 4 is 39.8 Å². The minimum Gasteiger partial charge on any atom is -0.497 e. The summed E-state index contributed by atoms with van der Waals surface area (Å²) in [5.74, 6) is 1.59. The van der Waals surface area contributed by atoms with E-state index in [1.54, 1.807) is 7.11 Å². The molecule has 1 atom stereocenters. The number of halogens is 1. The van der Waals surface area contributed by atoms with Gasteiger partial charge < -0.3 is 15.4 Å². The number of nitrogens with zero attached hydrogens (tertiary/aromatic N) is 2. The van der Waals surface area contributed by atoms with E-state index >= 15 is 0 Å². The van der Waals surface area contributed by atoms with Crippen molar-refractivity contribution in [3.8, 4) is 5.75 Å². The van der Waals surface area contributed by atoms with Gasteiger partial charge in [-0.1, -0.05) is 18.6 Å². The topological polar surface area (TPSA) is 83.0 Å². The van der Waals surface area contributed by atoms with Crippen LogP contribution in [-0.2, 0) is 9.84 Å². The highest BCUT2D eigenvalue weighted by atomic mass is 127. The van der Waals surface area contributed by atoms with Crippen molar-refractivity contribution in [2.75, 3.05) is 51.8 Å². The maximum absolute atomic E-state index is 11.4. The SMILES string of the molecule is CCNC(=NCC(c1ccc(OC)cc1)N1CCCCC1)NCCS(C)(=O)=O.I. The number of nitrogens with one attached hydrogen (secondary N) is 2. The molecule has 0 aliphatic carbocycles. The Morgan fingerprint density at radius 2 is 1.83 bits per heavy atom. The molecule has 1 unspecified atom stereocenters. The van der Waals surface area contributed by atoms with Crippen molar-refractivity contribution in [3.63, 3.8) is 0 Å². The summed E-state index contributed by atoms with van der Waals surface area (Å²) in [7, 11) is -1.33. The van der Waals surface area contributed by atoms with Gasteiger partial charge in [0.15, 0.2) is 5.96 Å². The molecule has 0 aromatic heterocycles. The lowest BCUT2D eigenvalue weighted by Crippen LogP contribution is -2.41. The minimum atomic E-state index is -3.00. The van der Waals surface area contributed by atoms with Crippen LogP contribution in [0.15, 0.2) is 29.3 Å². The summed E-state index contributed by atoms with van der Waals surface area (Å²) in [6.07, 6.45) is 4.95. The number of benzene rings is 1. The van der Waals surface area contributed by atoms with E-state index in [0.29, 0.717) is 19.0 Å². The lowest BCUT2D eigenvalue weighted by atomic mass is 10.0. The summed E-state index contributed by atoms with van der Waals surface area (Å²) in [6, 6.07) is 8.39. The molecule has 1 aliphatic heterocycles. The number of ether oxygens (including phenoxy) is 1. The molecule has 1 aliphatic rings. The van der Waals surface area contributed by atoms with E-state index in [0.717, 1.165) is 25.4 Å². The second kappa shape index (κ2) is 13.3. The molecule has 0 radical (unpaired) electrons. The fourth-order valence-corrected chi connectivity index (χ4v) is 3.83. The number of hydrogen-bond acceptors (Lipinski definition) is 5. The molecule has 7 nitrogen and oxygen atoms in total. The third kappa shape index (κ3) is 9.52. The molecule has 0 saturated carbocycles. The number of guanidine groups is 1. The molecular weight excluding hydrogens is 503 g/mol. The van der Waals surface area contributed by atoms with E-state index in [1.165, 1.54) is 31.1 Å². The average molecular weight is 538 g/mol. The molecule has 1 saturated heterocycles. The molecule has 9 heteroatoms. The van der Waals surface area contributed by atoms with E-state index in [4.69, 9.17) is 9.73 Å². The summed E-state index contributed by atoms with van der Waals surface area (Å²) in [6.45, 7) is 5.83. The third-order valence-corrected chi connectivity index (χ3v) is 5.81. The van der Waals surface area contributed by atoms with Crippen LogP contribution in [0, 0.1) is 0 Å². The number of methoxy groups -OCH3 is 1. The zero-order chi connectivity index (χ0) is 20.4. The monoisotopic (exact) mass is 538 g/mol. The Labute approximate surface area is 192 Å². The maximum atomic E-state index is 11.4. The Hall–Kier alpha value is -1.07. The lowest BCUT2D eigenvalue weighted by Gasteiger charge is -2.34. The van der Waals surface area contributed by atoms with E-state index in [2.05, 4.69) is 27.7 Å². The number of sulfone groups is 1. The molecule has 0 bridgehead atoms. The van der Waals surface area contributed by atoms with Gasteiger partial charge in [-0.05, 0) is 50.6 Å². The predicted octanol–water partition coefficient (Wildman–Crippen LogP) is 2.44. The lowest BCUT2D eigenvalue weighted by molar-refractivity contribution is 0.167. The summed E-state index contributed by atoms with van der Waals surface area (Å²) in [5, 5.41) is 6.33. The molecular formula is C20H35IN4O3S. The van der Waals surface area contributed by atoms with Crippen molar-refractivity contribution in [2.45, 2.75) is 32.2 Å². The maximum Gasteiger partial charge on any atom is 0.191 e. The van der Waals surface area contributed by atoms with E-state index in [9.17, 15) is 8.42 Å². The predicted molar refractivity (Wildman–Crippen MR) is 130 cm³/mol. The van der Waals surface area contributed by atoms with Gasteiger partial charge in [0.1, 0.15) is 15.6 Å². The molecule has 0 amide bonds. The van der Waals surface area contributed by atoms with Crippen LogP contribution in [-0.4, -0.2) is 71.1 Å². The Kier molecular flexibility index (Phi) is 11.9. The summed E-state index contributed by atoms with van der Waals surface area (Å²) >= 11 is 0. The first-order chi connectivity index (χ1) is 13.4. The van der Waals surface area contributed by atoms with Gasteiger partial charge >= 0.3 is 0 Å². The molecule has 1 aromatic rings. The van der Waals surface area contributed by atoms with E-state index in [1.807, 2.05) is 19.1 Å². The molecule has 1 heterocycles. The fraction of sp³-hybridized carbons (Fsp3) is 0.650. The molecule has 0 spiro atoms. The number of hydrogen-bond donors (Lipinski definition) is 2. The quantitative estimate of drug-likeness (QED) is 0.286. The standard InChI is InChI=1S/C20H34N4O3S.HI/c1-4-21-20(22-12-15-28(3,25)26)23-16-19(24-13-6-5-7-14-24)17-8-10-18(27-2)11-9-17;/h8-11,19H,4-7,12-16H2,1-3H3,(H2,21,22,23);1H. The fourth-order valence-electron chi connectivity index (χ4n) is 3.36. The second-order valence-electron chi connectivity index (χ2n) is 7.16. The highest BCUT2D eigenvalue weighted by molar-refractivity contribution is 14.0. The Balaban J connectivity index is 0.00000420. The van der Waals surface area contributed by atoms with Gasteiger partial charge in [0.05, 0.1) is 25.4 Å². The zero-order valence-corrected chi connectivity index (χ0v) is 20.8. The van der Waals surface area contributed by atoms with Crippen molar-refractivity contribution < 1.29 is 13.2 Å². The van der Waals surface area contributed by atoms with Gasteiger partial charge in [0.25, 0.3) is 0 Å². The van der Waals surface area contributed by atoms with Gasteiger partial charge in [-0.25, -0.2) is 8.42 Å². The molecule has 1 fully saturated rings. The molecule has 29 heavy (non-hydrogen) atoms. The smallest absolute Gasteiger partial charge is 0.191 e. The minimum absolute atomic E-state index is 0. The normalized spacial score (nSPS) is 16.6. The van der Waals surface area contributed by atoms with Crippen LogP contribution in [0.3, 0.4) is 0 Å². The molecule has 2 N–H and O–H groups in total. The average Bonchev–Trinajstić information content (AvgIpc) is 2.68. The van der Waals surface area contributed by atoms with Gasteiger partial charge in [-0.2, -0.15) is 0 Å². The van der Waals surface area contributed by atoms with Crippen molar-refractivity contribution in [1.82, 2.24) is 15.5 Å². The Bertz CT molecular complexity index is 720. The number of likely N-dealkylation sites (tertiary alicyclic amines) is 1. The van der Waals surface area contributed by atoms with Gasteiger partial charge in [0.2, 0.25) is 0 Å². The zero-order valence-electron chi connectivity index (χ0n) is 17.7. The van der Waals surface area contributed by atoms with Gasteiger partial charge in [-0.3, -0.25) is 9.89 Å². The van der Waals surface area contributed by atoms with Crippen LogP contribution in [0.1, 0.15) is 37.8 Å². The summed E-state index contributed by atoms with van der Waals surface area (Å²) in [5.41, 5.74) is 1.22. The van der Waals surface area contributed by atoms with E-state index < -0.39 is 9.84 Å². The van der Waals surface area contributed by atoms with Crippen molar-refractivity contribution in [2.24, 2.45) is 4.99 Å².